The van der Waals surface area contributed by atoms with Crippen molar-refractivity contribution in [2.75, 3.05) is 36.8 Å². The summed E-state index contributed by atoms with van der Waals surface area (Å²) in [5, 5.41) is 1.55. The fourth-order valence-corrected chi connectivity index (χ4v) is 2.28. The molecule has 5 nitrogen and oxygen atoms in total. The number of nitrogens with two attached hydrogens (primary N) is 1. The molecular weight excluding hydrogens is 323 g/mol. The number of anilines is 2. The summed E-state index contributed by atoms with van der Waals surface area (Å²) in [6.45, 7) is 7.05. The van der Waals surface area contributed by atoms with E-state index in [1.165, 1.54) is 6.07 Å². The first-order chi connectivity index (χ1) is 11.0. The van der Waals surface area contributed by atoms with Crippen LogP contribution in [0.4, 0.5) is 24.5 Å². The standard InChI is InChI=1S/C16H22F3N3O2/c1-15(2,3)14(23)24-22-8-6-21(7-9-22)11-4-5-13(20)12(10-11)16(17,18)19/h4-5,10H,6-9,20H2,1-3H3. The van der Waals surface area contributed by atoms with Gasteiger partial charge in [-0.3, -0.25) is 0 Å². The summed E-state index contributed by atoms with van der Waals surface area (Å²) < 4.78 is 38.8. The lowest BCUT2D eigenvalue weighted by Crippen LogP contribution is -2.48. The molecule has 0 aromatic heterocycles. The Hall–Kier alpha value is -1.96. The summed E-state index contributed by atoms with van der Waals surface area (Å²) in [6, 6.07) is 3.90. The van der Waals surface area contributed by atoms with Gasteiger partial charge in [0.15, 0.2) is 0 Å². The lowest BCUT2D eigenvalue weighted by atomic mass is 9.98. The van der Waals surface area contributed by atoms with Crippen molar-refractivity contribution in [2.24, 2.45) is 5.41 Å². The topological polar surface area (TPSA) is 58.8 Å². The molecule has 1 aliphatic heterocycles. The molecule has 24 heavy (non-hydrogen) atoms. The van der Waals surface area contributed by atoms with Crippen molar-refractivity contribution in [2.45, 2.75) is 26.9 Å². The first-order valence-corrected chi connectivity index (χ1v) is 7.67. The molecule has 0 bridgehead atoms. The number of hydroxylamine groups is 2. The Morgan fingerprint density at radius 3 is 2.21 bits per heavy atom. The number of nitrogens with zero attached hydrogens (tertiary/aromatic N) is 2. The van der Waals surface area contributed by atoms with E-state index in [-0.39, 0.29) is 11.7 Å². The fraction of sp³-hybridized carbons (Fsp3) is 0.562. The van der Waals surface area contributed by atoms with Crippen LogP contribution < -0.4 is 10.6 Å². The molecule has 1 aromatic carbocycles. The van der Waals surface area contributed by atoms with Gasteiger partial charge in [0.2, 0.25) is 0 Å². The third kappa shape index (κ3) is 4.31. The van der Waals surface area contributed by atoms with E-state index in [2.05, 4.69) is 0 Å². The maximum absolute atomic E-state index is 12.9. The average molecular weight is 345 g/mol. The summed E-state index contributed by atoms with van der Waals surface area (Å²) >= 11 is 0. The van der Waals surface area contributed by atoms with E-state index in [9.17, 15) is 18.0 Å². The van der Waals surface area contributed by atoms with Crippen LogP contribution in [0.15, 0.2) is 18.2 Å². The highest BCUT2D eigenvalue weighted by atomic mass is 19.4. The Morgan fingerprint density at radius 2 is 1.71 bits per heavy atom. The second-order valence-corrected chi connectivity index (χ2v) is 6.81. The number of hydrogen-bond acceptors (Lipinski definition) is 5. The molecule has 2 rings (SSSR count). The minimum Gasteiger partial charge on any atom is -0.398 e. The third-order valence-electron chi connectivity index (χ3n) is 3.77. The molecule has 1 fully saturated rings. The van der Waals surface area contributed by atoms with Crippen molar-refractivity contribution in [1.29, 1.82) is 0 Å². The summed E-state index contributed by atoms with van der Waals surface area (Å²) in [7, 11) is 0. The summed E-state index contributed by atoms with van der Waals surface area (Å²) in [5.74, 6) is -0.331. The van der Waals surface area contributed by atoms with E-state index >= 15 is 0 Å². The molecule has 1 saturated heterocycles. The summed E-state index contributed by atoms with van der Waals surface area (Å²) in [6.07, 6.45) is -4.48. The van der Waals surface area contributed by atoms with Crippen LogP contribution in [0.2, 0.25) is 0 Å². The van der Waals surface area contributed by atoms with Crippen molar-refractivity contribution in [1.82, 2.24) is 5.06 Å². The third-order valence-corrected chi connectivity index (χ3v) is 3.77. The molecule has 1 aromatic rings. The van der Waals surface area contributed by atoms with Gasteiger partial charge in [-0.2, -0.15) is 13.2 Å². The van der Waals surface area contributed by atoms with Gasteiger partial charge in [-0.05, 0) is 39.0 Å². The number of benzene rings is 1. The number of nitrogen functional groups attached to an aromatic ring is 1. The zero-order chi connectivity index (χ0) is 18.1. The van der Waals surface area contributed by atoms with Gasteiger partial charge >= 0.3 is 12.1 Å². The number of alkyl halides is 3. The number of halogens is 3. The number of rotatable bonds is 2. The van der Waals surface area contributed by atoms with Crippen LogP contribution in [0.25, 0.3) is 0 Å². The molecule has 0 radical (unpaired) electrons. The van der Waals surface area contributed by atoms with Crippen LogP contribution in [0.3, 0.4) is 0 Å². The van der Waals surface area contributed by atoms with Gasteiger partial charge in [0, 0.05) is 24.5 Å². The number of piperazine rings is 1. The zero-order valence-electron chi connectivity index (χ0n) is 14.0. The Balaban J connectivity index is 2.01. The van der Waals surface area contributed by atoms with E-state index in [1.807, 2.05) is 4.90 Å². The van der Waals surface area contributed by atoms with E-state index < -0.39 is 17.2 Å². The minimum absolute atomic E-state index is 0.288. The SMILES string of the molecule is CC(C)(C)C(=O)ON1CCN(c2ccc(N)c(C(F)(F)F)c2)CC1. The maximum Gasteiger partial charge on any atom is 0.418 e. The van der Waals surface area contributed by atoms with E-state index in [1.54, 1.807) is 31.9 Å². The lowest BCUT2D eigenvalue weighted by Gasteiger charge is -2.36. The van der Waals surface area contributed by atoms with Gasteiger partial charge in [-0.15, -0.1) is 5.06 Å². The molecule has 1 aliphatic rings. The largest absolute Gasteiger partial charge is 0.418 e. The predicted molar refractivity (Wildman–Crippen MR) is 85.2 cm³/mol. The molecule has 0 saturated carbocycles. The Labute approximate surface area is 139 Å². The van der Waals surface area contributed by atoms with Crippen molar-refractivity contribution in [3.63, 3.8) is 0 Å². The number of carbonyl (C=O) groups excluding carboxylic acids is 1. The van der Waals surface area contributed by atoms with Gasteiger partial charge in [-0.1, -0.05) is 0 Å². The van der Waals surface area contributed by atoms with Gasteiger partial charge in [-0.25, -0.2) is 4.79 Å². The van der Waals surface area contributed by atoms with Crippen LogP contribution in [-0.4, -0.2) is 37.2 Å². The van der Waals surface area contributed by atoms with Crippen molar-refractivity contribution >= 4 is 17.3 Å². The van der Waals surface area contributed by atoms with E-state index in [4.69, 9.17) is 10.6 Å². The van der Waals surface area contributed by atoms with Crippen molar-refractivity contribution in [3.8, 4) is 0 Å². The van der Waals surface area contributed by atoms with Gasteiger partial charge < -0.3 is 15.5 Å². The summed E-state index contributed by atoms with van der Waals surface area (Å²) in [4.78, 5) is 19.0. The number of carbonyl (C=O) groups is 1. The molecule has 1 heterocycles. The molecule has 0 amide bonds. The quantitative estimate of drug-likeness (QED) is 0.835. The fourth-order valence-electron chi connectivity index (χ4n) is 2.28. The van der Waals surface area contributed by atoms with Crippen LogP contribution >= 0.6 is 0 Å². The van der Waals surface area contributed by atoms with Gasteiger partial charge in [0.25, 0.3) is 0 Å². The van der Waals surface area contributed by atoms with Gasteiger partial charge in [0.05, 0.1) is 24.1 Å². The molecule has 0 aliphatic carbocycles. The lowest BCUT2D eigenvalue weighted by molar-refractivity contribution is -0.201. The molecule has 8 heteroatoms. The smallest absolute Gasteiger partial charge is 0.398 e. The molecule has 134 valence electrons. The Morgan fingerprint density at radius 1 is 1.12 bits per heavy atom. The van der Waals surface area contributed by atoms with Crippen LogP contribution in [0.1, 0.15) is 26.3 Å². The highest BCUT2D eigenvalue weighted by molar-refractivity contribution is 5.75. The second-order valence-electron chi connectivity index (χ2n) is 6.81. The van der Waals surface area contributed by atoms with Crippen LogP contribution in [-0.2, 0) is 15.8 Å². The monoisotopic (exact) mass is 345 g/mol. The predicted octanol–water partition coefficient (Wildman–Crippen LogP) is 2.91. The number of hydrogen-bond donors (Lipinski definition) is 1. The van der Waals surface area contributed by atoms with Crippen LogP contribution in [0.5, 0.6) is 0 Å². The average Bonchev–Trinajstić information content (AvgIpc) is 2.46. The highest BCUT2D eigenvalue weighted by Gasteiger charge is 2.34. The normalized spacial score (nSPS) is 17.0. The van der Waals surface area contributed by atoms with E-state index in [0.29, 0.717) is 31.9 Å². The molecule has 2 N–H and O–H groups in total. The summed E-state index contributed by atoms with van der Waals surface area (Å²) in [5.41, 5.74) is 4.15. The molecule has 0 unspecified atom stereocenters. The Bertz CT molecular complexity index is 604. The van der Waals surface area contributed by atoms with Crippen molar-refractivity contribution < 1.29 is 22.8 Å². The highest BCUT2D eigenvalue weighted by Crippen LogP contribution is 2.36. The Kier molecular flexibility index (Phi) is 4.98. The van der Waals surface area contributed by atoms with Gasteiger partial charge in [0.1, 0.15) is 0 Å². The minimum atomic E-state index is -4.48. The maximum atomic E-state index is 12.9. The first kappa shape index (κ1) is 18.4. The van der Waals surface area contributed by atoms with Crippen LogP contribution in [0, 0.1) is 5.41 Å². The molecule has 0 atom stereocenters. The van der Waals surface area contributed by atoms with E-state index in [0.717, 1.165) is 6.07 Å². The zero-order valence-corrected chi connectivity index (χ0v) is 14.0. The second kappa shape index (κ2) is 6.51. The molecule has 0 spiro atoms. The van der Waals surface area contributed by atoms with Crippen molar-refractivity contribution in [3.05, 3.63) is 23.8 Å². The molecular formula is C16H22F3N3O2. The first-order valence-electron chi connectivity index (χ1n) is 7.67.